The standard InChI is InChI=1S/C17H17N3O2S/c21-16(7-6-14-4-3-11-22-14)19-10-8-13-12-23-17(20-13)15-5-1-2-9-18-15/h1-5,9,11-12H,6-8,10H2,(H,19,21). The molecule has 3 rings (SSSR count). The Morgan fingerprint density at radius 2 is 2.17 bits per heavy atom. The fraction of sp³-hybridized carbons (Fsp3) is 0.235. The largest absolute Gasteiger partial charge is 0.469 e. The van der Waals surface area contributed by atoms with Crippen LogP contribution in [0.25, 0.3) is 10.7 Å². The quantitative estimate of drug-likeness (QED) is 0.724. The summed E-state index contributed by atoms with van der Waals surface area (Å²) in [5.41, 5.74) is 1.85. The number of furan rings is 1. The number of rotatable bonds is 7. The van der Waals surface area contributed by atoms with Gasteiger partial charge in [0.2, 0.25) is 5.91 Å². The van der Waals surface area contributed by atoms with Crippen LogP contribution < -0.4 is 5.32 Å². The average Bonchev–Trinajstić information content (AvgIpc) is 3.26. The Bertz CT molecular complexity index is 738. The van der Waals surface area contributed by atoms with Crippen molar-refractivity contribution < 1.29 is 9.21 Å². The maximum absolute atomic E-state index is 11.8. The molecule has 0 bridgehead atoms. The van der Waals surface area contributed by atoms with E-state index in [4.69, 9.17) is 4.42 Å². The molecule has 0 aromatic carbocycles. The molecule has 0 spiro atoms. The van der Waals surface area contributed by atoms with Crippen molar-refractivity contribution in [1.82, 2.24) is 15.3 Å². The van der Waals surface area contributed by atoms with E-state index in [2.05, 4.69) is 15.3 Å². The number of hydrogen-bond donors (Lipinski definition) is 1. The molecule has 0 radical (unpaired) electrons. The van der Waals surface area contributed by atoms with Crippen LogP contribution in [0.2, 0.25) is 0 Å². The fourth-order valence-corrected chi connectivity index (χ4v) is 2.97. The summed E-state index contributed by atoms with van der Waals surface area (Å²) >= 11 is 1.57. The molecule has 0 aliphatic carbocycles. The first-order chi connectivity index (χ1) is 11.3. The number of aromatic nitrogens is 2. The van der Waals surface area contributed by atoms with Gasteiger partial charge in [0.1, 0.15) is 10.8 Å². The molecule has 118 valence electrons. The Hall–Kier alpha value is -2.47. The molecule has 6 heteroatoms. The van der Waals surface area contributed by atoms with Crippen molar-refractivity contribution in [3.05, 3.63) is 59.6 Å². The molecule has 5 nitrogen and oxygen atoms in total. The number of carbonyl (C=O) groups excluding carboxylic acids is 1. The lowest BCUT2D eigenvalue weighted by molar-refractivity contribution is -0.121. The molecule has 3 aromatic heterocycles. The Morgan fingerprint density at radius 1 is 1.22 bits per heavy atom. The Morgan fingerprint density at radius 3 is 2.96 bits per heavy atom. The molecule has 0 atom stereocenters. The lowest BCUT2D eigenvalue weighted by Crippen LogP contribution is -2.25. The third-order valence-corrected chi connectivity index (χ3v) is 4.23. The van der Waals surface area contributed by atoms with Crippen LogP contribution in [0.5, 0.6) is 0 Å². The van der Waals surface area contributed by atoms with E-state index >= 15 is 0 Å². The number of aryl methyl sites for hydroxylation is 1. The van der Waals surface area contributed by atoms with Gasteiger partial charge < -0.3 is 9.73 Å². The highest BCUT2D eigenvalue weighted by Gasteiger charge is 2.07. The zero-order chi connectivity index (χ0) is 15.9. The van der Waals surface area contributed by atoms with E-state index in [9.17, 15) is 4.79 Å². The lowest BCUT2D eigenvalue weighted by atomic mass is 10.2. The second kappa shape index (κ2) is 7.69. The predicted octanol–water partition coefficient (Wildman–Crippen LogP) is 3.09. The van der Waals surface area contributed by atoms with E-state index in [-0.39, 0.29) is 5.91 Å². The maximum atomic E-state index is 11.8. The van der Waals surface area contributed by atoms with Crippen LogP contribution in [0, 0.1) is 0 Å². The summed E-state index contributed by atoms with van der Waals surface area (Å²) in [5, 5.41) is 5.83. The van der Waals surface area contributed by atoms with Gasteiger partial charge in [0, 0.05) is 37.4 Å². The zero-order valence-corrected chi connectivity index (χ0v) is 13.4. The second-order valence-corrected chi connectivity index (χ2v) is 5.90. The van der Waals surface area contributed by atoms with Gasteiger partial charge in [-0.2, -0.15) is 0 Å². The molecule has 3 aromatic rings. The van der Waals surface area contributed by atoms with Crippen molar-refractivity contribution in [1.29, 1.82) is 0 Å². The summed E-state index contributed by atoms with van der Waals surface area (Å²) in [6.07, 6.45) is 5.16. The molecule has 0 aliphatic heterocycles. The number of amides is 1. The first-order valence-corrected chi connectivity index (χ1v) is 8.34. The maximum Gasteiger partial charge on any atom is 0.220 e. The first kappa shape index (κ1) is 15.4. The van der Waals surface area contributed by atoms with Crippen LogP contribution in [0.3, 0.4) is 0 Å². The lowest BCUT2D eigenvalue weighted by Gasteiger charge is -2.03. The molecule has 0 fully saturated rings. The van der Waals surface area contributed by atoms with E-state index in [1.807, 2.05) is 35.7 Å². The van der Waals surface area contributed by atoms with E-state index in [0.29, 0.717) is 19.4 Å². The average molecular weight is 327 g/mol. The van der Waals surface area contributed by atoms with Gasteiger partial charge in [0.25, 0.3) is 0 Å². The Labute approximate surface area is 138 Å². The monoisotopic (exact) mass is 327 g/mol. The number of nitrogens with zero attached hydrogens (tertiary/aromatic N) is 2. The minimum absolute atomic E-state index is 0.0292. The molecule has 0 saturated carbocycles. The van der Waals surface area contributed by atoms with Crippen molar-refractivity contribution in [2.45, 2.75) is 19.3 Å². The van der Waals surface area contributed by atoms with Crippen LogP contribution in [0.15, 0.2) is 52.6 Å². The number of hydrogen-bond acceptors (Lipinski definition) is 5. The van der Waals surface area contributed by atoms with Gasteiger partial charge in [0.05, 0.1) is 17.7 Å². The summed E-state index contributed by atoms with van der Waals surface area (Å²) < 4.78 is 5.21. The number of nitrogens with one attached hydrogen (secondary N) is 1. The van der Waals surface area contributed by atoms with Crippen molar-refractivity contribution in [2.24, 2.45) is 0 Å². The third kappa shape index (κ3) is 4.50. The molecule has 0 unspecified atom stereocenters. The molecule has 0 aliphatic rings. The highest BCUT2D eigenvalue weighted by molar-refractivity contribution is 7.13. The summed E-state index contributed by atoms with van der Waals surface area (Å²) in [6, 6.07) is 9.48. The second-order valence-electron chi connectivity index (χ2n) is 5.04. The SMILES string of the molecule is O=C(CCc1ccco1)NCCc1csc(-c2ccccn2)n1. The number of thiazole rings is 1. The van der Waals surface area contributed by atoms with Crippen LogP contribution >= 0.6 is 11.3 Å². The van der Waals surface area contributed by atoms with Crippen molar-refractivity contribution in [3.8, 4) is 10.7 Å². The van der Waals surface area contributed by atoms with E-state index < -0.39 is 0 Å². The predicted molar refractivity (Wildman–Crippen MR) is 89.1 cm³/mol. The number of pyridine rings is 1. The van der Waals surface area contributed by atoms with Crippen molar-refractivity contribution >= 4 is 17.2 Å². The molecule has 23 heavy (non-hydrogen) atoms. The van der Waals surface area contributed by atoms with Gasteiger partial charge in [-0.25, -0.2) is 4.98 Å². The fourth-order valence-electron chi connectivity index (χ4n) is 2.14. The smallest absolute Gasteiger partial charge is 0.220 e. The van der Waals surface area contributed by atoms with E-state index in [1.54, 1.807) is 23.8 Å². The molecule has 1 N–H and O–H groups in total. The molecular formula is C17H17N3O2S. The van der Waals surface area contributed by atoms with Crippen LogP contribution in [0.4, 0.5) is 0 Å². The van der Waals surface area contributed by atoms with E-state index in [0.717, 1.165) is 28.6 Å². The molecule has 3 heterocycles. The van der Waals surface area contributed by atoms with E-state index in [1.165, 1.54) is 0 Å². The summed E-state index contributed by atoms with van der Waals surface area (Å²) in [7, 11) is 0. The van der Waals surface area contributed by atoms with Gasteiger partial charge in [-0.1, -0.05) is 6.07 Å². The zero-order valence-electron chi connectivity index (χ0n) is 12.6. The molecule has 0 saturated heterocycles. The summed E-state index contributed by atoms with van der Waals surface area (Å²) in [4.78, 5) is 20.6. The Balaban J connectivity index is 1.42. The summed E-state index contributed by atoms with van der Waals surface area (Å²) in [5.74, 6) is 0.862. The van der Waals surface area contributed by atoms with Gasteiger partial charge >= 0.3 is 0 Å². The highest BCUT2D eigenvalue weighted by atomic mass is 32.1. The Kier molecular flexibility index (Phi) is 5.16. The first-order valence-electron chi connectivity index (χ1n) is 7.46. The topological polar surface area (TPSA) is 68.0 Å². The van der Waals surface area contributed by atoms with Crippen molar-refractivity contribution in [2.75, 3.05) is 6.54 Å². The highest BCUT2D eigenvalue weighted by Crippen LogP contribution is 2.21. The van der Waals surface area contributed by atoms with Crippen molar-refractivity contribution in [3.63, 3.8) is 0 Å². The van der Waals surface area contributed by atoms with Gasteiger partial charge in [-0.15, -0.1) is 11.3 Å². The molecule has 1 amide bonds. The van der Waals surface area contributed by atoms with Gasteiger partial charge in [0.15, 0.2) is 0 Å². The molecular weight excluding hydrogens is 310 g/mol. The summed E-state index contributed by atoms with van der Waals surface area (Å²) in [6.45, 7) is 0.586. The third-order valence-electron chi connectivity index (χ3n) is 3.32. The van der Waals surface area contributed by atoms with Crippen LogP contribution in [-0.4, -0.2) is 22.4 Å². The minimum atomic E-state index is 0.0292. The van der Waals surface area contributed by atoms with Gasteiger partial charge in [-0.05, 0) is 24.3 Å². The van der Waals surface area contributed by atoms with Gasteiger partial charge in [-0.3, -0.25) is 9.78 Å². The normalized spacial score (nSPS) is 10.6. The van der Waals surface area contributed by atoms with Crippen LogP contribution in [0.1, 0.15) is 17.9 Å². The minimum Gasteiger partial charge on any atom is -0.469 e. The number of carbonyl (C=O) groups is 1. The van der Waals surface area contributed by atoms with Crippen LogP contribution in [-0.2, 0) is 17.6 Å².